The van der Waals surface area contributed by atoms with E-state index in [1.807, 2.05) is 0 Å². The number of benzene rings is 1. The maximum Gasteiger partial charge on any atom is 0.446 e. The molecule has 103 valence electrons. The summed E-state index contributed by atoms with van der Waals surface area (Å²) in [6.07, 6.45) is 1.37. The number of hydrogen-bond donors (Lipinski definition) is 1. The Bertz CT molecular complexity index is 572. The van der Waals surface area contributed by atoms with E-state index in [9.17, 15) is 13.2 Å². The molecule has 19 heavy (non-hydrogen) atoms. The first-order valence-corrected chi connectivity index (χ1v) is 6.21. The van der Waals surface area contributed by atoms with Crippen molar-refractivity contribution in [2.45, 2.75) is 0 Å². The molecule has 0 spiro atoms. The van der Waals surface area contributed by atoms with Crippen LogP contribution in [0.2, 0.25) is 0 Å². The number of carbonyl (C=O) groups excluding carboxylic acids is 1. The molecule has 0 amide bonds. The van der Waals surface area contributed by atoms with Crippen LogP contribution in [0.4, 0.5) is 0 Å². The van der Waals surface area contributed by atoms with Crippen LogP contribution in [-0.4, -0.2) is 26.0 Å². The summed E-state index contributed by atoms with van der Waals surface area (Å²) in [6.45, 7) is 0. The third kappa shape index (κ3) is 4.98. The standard InChI is InChI=1S/C11H11O7S/c1-16-10(11(12)17-2)7-8-3-5-9(6-4-8)18-19(13,14)15/h3-7H,2H2,1H3,(H,13,14,15)/b10-7-. The Morgan fingerprint density at radius 1 is 1.32 bits per heavy atom. The smallest absolute Gasteiger partial charge is 0.446 e. The van der Waals surface area contributed by atoms with Gasteiger partial charge in [0.25, 0.3) is 0 Å². The van der Waals surface area contributed by atoms with Gasteiger partial charge in [0.1, 0.15) is 12.9 Å². The molecule has 0 aliphatic carbocycles. The van der Waals surface area contributed by atoms with Crippen molar-refractivity contribution in [3.8, 4) is 5.75 Å². The van der Waals surface area contributed by atoms with E-state index in [-0.39, 0.29) is 11.5 Å². The molecule has 8 heteroatoms. The molecule has 1 N–H and O–H groups in total. The minimum Gasteiger partial charge on any atom is -0.490 e. The molecular formula is C11H11O7S. The highest BCUT2D eigenvalue weighted by atomic mass is 32.3. The van der Waals surface area contributed by atoms with Gasteiger partial charge in [-0.2, -0.15) is 8.42 Å². The van der Waals surface area contributed by atoms with Crippen LogP contribution in [0.5, 0.6) is 5.75 Å². The summed E-state index contributed by atoms with van der Waals surface area (Å²) in [4.78, 5) is 11.2. The average molecular weight is 287 g/mol. The van der Waals surface area contributed by atoms with Gasteiger partial charge < -0.3 is 13.7 Å². The molecule has 0 aliphatic rings. The van der Waals surface area contributed by atoms with Crippen molar-refractivity contribution in [1.29, 1.82) is 0 Å². The SMILES string of the molecule is [CH2]OC(=O)/C(=C/c1ccc(OS(=O)(=O)O)cc1)OC. The van der Waals surface area contributed by atoms with Gasteiger partial charge in [-0.25, -0.2) is 4.79 Å². The van der Waals surface area contributed by atoms with Crippen LogP contribution in [0.25, 0.3) is 6.08 Å². The molecule has 0 aliphatic heterocycles. The Kier molecular flexibility index (Phi) is 4.90. The Labute approximate surface area is 110 Å². The molecule has 0 aromatic heterocycles. The molecule has 0 atom stereocenters. The molecular weight excluding hydrogens is 276 g/mol. The molecule has 1 aromatic carbocycles. The second kappa shape index (κ2) is 6.21. The lowest BCUT2D eigenvalue weighted by molar-refractivity contribution is -0.137. The number of hydrogen-bond acceptors (Lipinski definition) is 6. The largest absolute Gasteiger partial charge is 0.490 e. The topological polar surface area (TPSA) is 99.1 Å². The lowest BCUT2D eigenvalue weighted by atomic mass is 10.2. The van der Waals surface area contributed by atoms with Crippen molar-refractivity contribution in [3.05, 3.63) is 42.7 Å². The maximum absolute atomic E-state index is 11.2. The van der Waals surface area contributed by atoms with Gasteiger partial charge in [0.05, 0.1) is 7.11 Å². The fourth-order valence-corrected chi connectivity index (χ4v) is 1.52. The summed E-state index contributed by atoms with van der Waals surface area (Å²) >= 11 is 0. The van der Waals surface area contributed by atoms with Gasteiger partial charge in [-0.3, -0.25) is 4.55 Å². The summed E-state index contributed by atoms with van der Waals surface area (Å²) < 4.78 is 42.7. The van der Waals surface area contributed by atoms with E-state index in [0.29, 0.717) is 5.56 Å². The molecule has 1 radical (unpaired) electrons. The predicted octanol–water partition coefficient (Wildman–Crippen LogP) is 1.19. The molecule has 1 aromatic rings. The first kappa shape index (κ1) is 15.0. The van der Waals surface area contributed by atoms with E-state index in [0.717, 1.165) is 0 Å². The zero-order valence-corrected chi connectivity index (χ0v) is 10.7. The predicted molar refractivity (Wildman–Crippen MR) is 65.1 cm³/mol. The minimum atomic E-state index is -4.56. The molecule has 0 saturated heterocycles. The second-order valence-electron chi connectivity index (χ2n) is 3.22. The summed E-state index contributed by atoms with van der Waals surface area (Å²) in [7, 11) is -0.302. The number of methoxy groups -OCH3 is 1. The van der Waals surface area contributed by atoms with Gasteiger partial charge in [0.15, 0.2) is 0 Å². The lowest BCUT2D eigenvalue weighted by Gasteiger charge is -2.04. The van der Waals surface area contributed by atoms with Gasteiger partial charge in [-0.15, -0.1) is 0 Å². The summed E-state index contributed by atoms with van der Waals surface area (Å²) in [5, 5.41) is 0. The van der Waals surface area contributed by atoms with Crippen molar-refractivity contribution < 1.29 is 31.4 Å². The van der Waals surface area contributed by atoms with Crippen molar-refractivity contribution in [2.24, 2.45) is 0 Å². The van der Waals surface area contributed by atoms with Crippen molar-refractivity contribution in [3.63, 3.8) is 0 Å². The van der Waals surface area contributed by atoms with Gasteiger partial charge in [-0.1, -0.05) is 12.1 Å². The Balaban J connectivity index is 2.93. The highest BCUT2D eigenvalue weighted by molar-refractivity contribution is 7.81. The highest BCUT2D eigenvalue weighted by Gasteiger charge is 2.10. The molecule has 0 fully saturated rings. The number of ether oxygens (including phenoxy) is 2. The van der Waals surface area contributed by atoms with Crippen LogP contribution >= 0.6 is 0 Å². The third-order valence-electron chi connectivity index (χ3n) is 1.93. The van der Waals surface area contributed by atoms with Gasteiger partial charge >= 0.3 is 16.4 Å². The normalized spacial score (nSPS) is 11.8. The van der Waals surface area contributed by atoms with Crippen molar-refractivity contribution in [1.82, 2.24) is 0 Å². The van der Waals surface area contributed by atoms with Crippen LogP contribution in [-0.2, 0) is 24.7 Å². The van der Waals surface area contributed by atoms with E-state index in [1.165, 1.54) is 37.5 Å². The quantitative estimate of drug-likeness (QED) is 0.376. The van der Waals surface area contributed by atoms with E-state index in [4.69, 9.17) is 9.29 Å². The summed E-state index contributed by atoms with van der Waals surface area (Å²) in [5.41, 5.74) is 0.532. The maximum atomic E-state index is 11.2. The Morgan fingerprint density at radius 2 is 1.89 bits per heavy atom. The van der Waals surface area contributed by atoms with Gasteiger partial charge in [0.2, 0.25) is 5.76 Å². The highest BCUT2D eigenvalue weighted by Crippen LogP contribution is 2.16. The Morgan fingerprint density at radius 3 is 2.32 bits per heavy atom. The molecule has 1 rings (SSSR count). The number of esters is 1. The second-order valence-corrected chi connectivity index (χ2v) is 4.25. The van der Waals surface area contributed by atoms with Crippen LogP contribution in [0.3, 0.4) is 0 Å². The monoisotopic (exact) mass is 287 g/mol. The van der Waals surface area contributed by atoms with Crippen LogP contribution in [0.1, 0.15) is 5.56 Å². The zero-order chi connectivity index (χ0) is 14.5. The fraction of sp³-hybridized carbons (Fsp3) is 0.0909. The van der Waals surface area contributed by atoms with E-state index in [1.54, 1.807) is 0 Å². The molecule has 0 heterocycles. The molecule has 0 bridgehead atoms. The van der Waals surface area contributed by atoms with Crippen molar-refractivity contribution in [2.75, 3.05) is 7.11 Å². The molecule has 0 unspecified atom stereocenters. The van der Waals surface area contributed by atoms with E-state index < -0.39 is 16.4 Å². The zero-order valence-electron chi connectivity index (χ0n) is 9.90. The van der Waals surface area contributed by atoms with Crippen LogP contribution in [0.15, 0.2) is 30.0 Å². The van der Waals surface area contributed by atoms with Gasteiger partial charge in [-0.05, 0) is 23.8 Å². The minimum absolute atomic E-state index is 0.0709. The third-order valence-corrected chi connectivity index (χ3v) is 2.33. The van der Waals surface area contributed by atoms with E-state index in [2.05, 4.69) is 16.0 Å². The average Bonchev–Trinajstić information content (AvgIpc) is 2.35. The molecule has 0 saturated carbocycles. The summed E-state index contributed by atoms with van der Waals surface area (Å²) in [6, 6.07) is 5.50. The molecule has 7 nitrogen and oxygen atoms in total. The lowest BCUT2D eigenvalue weighted by Crippen LogP contribution is -2.06. The number of rotatable bonds is 5. The van der Waals surface area contributed by atoms with Crippen molar-refractivity contribution >= 4 is 22.4 Å². The van der Waals surface area contributed by atoms with E-state index >= 15 is 0 Å². The summed E-state index contributed by atoms with van der Waals surface area (Å²) in [5.74, 6) is -0.891. The van der Waals surface area contributed by atoms with Crippen LogP contribution < -0.4 is 4.18 Å². The fourth-order valence-electron chi connectivity index (χ4n) is 1.16. The first-order chi connectivity index (χ1) is 8.85. The first-order valence-electron chi connectivity index (χ1n) is 4.84. The van der Waals surface area contributed by atoms with Crippen LogP contribution in [0, 0.1) is 7.11 Å². The number of carbonyl (C=O) groups is 1. The Hall–Kier alpha value is -2.06. The van der Waals surface area contributed by atoms with Gasteiger partial charge in [0, 0.05) is 0 Å².